The smallest absolute Gasteiger partial charge is 0.298 e. The minimum absolute atomic E-state index is 0.145. The Morgan fingerprint density at radius 1 is 1.33 bits per heavy atom. The van der Waals surface area contributed by atoms with Crippen molar-refractivity contribution in [1.82, 2.24) is 4.57 Å². The summed E-state index contributed by atoms with van der Waals surface area (Å²) in [6, 6.07) is 0.403. The lowest BCUT2D eigenvalue weighted by Gasteiger charge is -2.28. The van der Waals surface area contributed by atoms with Gasteiger partial charge in [-0.2, -0.15) is 0 Å². The Morgan fingerprint density at radius 2 is 2.00 bits per heavy atom. The third-order valence-corrected chi connectivity index (χ3v) is 3.87. The first-order valence-corrected chi connectivity index (χ1v) is 8.00. The van der Waals surface area contributed by atoms with Crippen LogP contribution in [0.2, 0.25) is 0 Å². The summed E-state index contributed by atoms with van der Waals surface area (Å²) in [6.07, 6.45) is 3.56. The molecule has 0 bridgehead atoms. The van der Waals surface area contributed by atoms with E-state index in [0.29, 0.717) is 6.04 Å². The van der Waals surface area contributed by atoms with Crippen LogP contribution in [-0.2, 0) is 11.8 Å². The van der Waals surface area contributed by atoms with E-state index in [0.717, 1.165) is 17.9 Å². The molecule has 1 aromatic rings. The van der Waals surface area contributed by atoms with Gasteiger partial charge in [0.25, 0.3) is 5.68 Å². The van der Waals surface area contributed by atoms with Gasteiger partial charge in [0.05, 0.1) is 5.69 Å². The maximum atomic E-state index is 6.12. The van der Waals surface area contributed by atoms with Crippen molar-refractivity contribution in [2.24, 2.45) is 4.99 Å². The fraction of sp³-hybridized carbons (Fsp3) is 0.786. The van der Waals surface area contributed by atoms with Crippen LogP contribution in [0.25, 0.3) is 0 Å². The van der Waals surface area contributed by atoms with Crippen LogP contribution in [0.5, 0.6) is 0 Å². The fourth-order valence-corrected chi connectivity index (χ4v) is 3.01. The molecule has 2 rings (SSSR count). The molecule has 0 amide bonds. The second kappa shape index (κ2) is 5.02. The third kappa shape index (κ3) is 2.53. The summed E-state index contributed by atoms with van der Waals surface area (Å²) in [5, 5.41) is 0. The number of rotatable bonds is 2. The maximum Gasteiger partial charge on any atom is 0.298 e. The molecular formula is C14H23IN2O. The molecule has 102 valence electrons. The van der Waals surface area contributed by atoms with Crippen LogP contribution in [-0.4, -0.2) is 8.62 Å². The molecule has 0 radical (unpaired) electrons. The summed E-state index contributed by atoms with van der Waals surface area (Å²) in [7, 11) is 0. The van der Waals surface area contributed by atoms with E-state index in [1.165, 1.54) is 18.5 Å². The SMILES string of the molecule is CC(I)N=c1oc2c(n1C(C)C)CCCC2(C)C. The zero-order chi connectivity index (χ0) is 13.5. The molecule has 1 unspecified atom stereocenters. The van der Waals surface area contributed by atoms with Crippen molar-refractivity contribution in [2.75, 3.05) is 0 Å². The van der Waals surface area contributed by atoms with Crippen molar-refractivity contribution in [3.8, 4) is 0 Å². The topological polar surface area (TPSA) is 30.4 Å². The summed E-state index contributed by atoms with van der Waals surface area (Å²) in [6.45, 7) is 11.0. The molecule has 0 N–H and O–H groups in total. The quantitative estimate of drug-likeness (QED) is 0.445. The van der Waals surface area contributed by atoms with Gasteiger partial charge in [-0.15, -0.1) is 0 Å². The molecule has 18 heavy (non-hydrogen) atoms. The number of nitrogens with zero attached hydrogens (tertiary/aromatic N) is 2. The number of hydrogen-bond acceptors (Lipinski definition) is 2. The van der Waals surface area contributed by atoms with E-state index >= 15 is 0 Å². The predicted octanol–water partition coefficient (Wildman–Crippen LogP) is 3.96. The van der Waals surface area contributed by atoms with Crippen LogP contribution in [0, 0.1) is 0 Å². The molecule has 0 fully saturated rings. The molecule has 0 aromatic carbocycles. The molecule has 0 spiro atoms. The van der Waals surface area contributed by atoms with E-state index in [2.05, 4.69) is 66.8 Å². The number of fused-ring (bicyclic) bond motifs is 1. The molecule has 1 aromatic heterocycles. The average Bonchev–Trinajstić information content (AvgIpc) is 2.56. The van der Waals surface area contributed by atoms with Crippen LogP contribution < -0.4 is 5.68 Å². The number of aromatic nitrogens is 1. The Morgan fingerprint density at radius 3 is 2.56 bits per heavy atom. The molecule has 1 aliphatic rings. The highest BCUT2D eigenvalue weighted by Crippen LogP contribution is 2.36. The van der Waals surface area contributed by atoms with Crippen LogP contribution >= 0.6 is 22.6 Å². The maximum absolute atomic E-state index is 6.12. The Hall–Kier alpha value is -0.260. The van der Waals surface area contributed by atoms with Crippen LogP contribution in [0.1, 0.15) is 65.0 Å². The molecule has 0 saturated carbocycles. The van der Waals surface area contributed by atoms with Gasteiger partial charge in [-0.25, -0.2) is 4.99 Å². The highest BCUT2D eigenvalue weighted by atomic mass is 127. The van der Waals surface area contributed by atoms with E-state index < -0.39 is 0 Å². The van der Waals surface area contributed by atoms with E-state index in [1.807, 2.05) is 0 Å². The number of hydrogen-bond donors (Lipinski definition) is 0. The van der Waals surface area contributed by atoms with Gasteiger partial charge < -0.3 is 4.42 Å². The van der Waals surface area contributed by atoms with Gasteiger partial charge in [-0.05, 0) is 40.0 Å². The summed E-state index contributed by atoms with van der Waals surface area (Å²) in [5.74, 6) is 1.15. The zero-order valence-electron chi connectivity index (χ0n) is 12.0. The molecule has 4 heteroatoms. The van der Waals surface area contributed by atoms with Crippen molar-refractivity contribution in [3.63, 3.8) is 0 Å². The lowest BCUT2D eigenvalue weighted by molar-refractivity contribution is 0.319. The second-order valence-corrected chi connectivity index (χ2v) is 7.87. The van der Waals surface area contributed by atoms with Crippen molar-refractivity contribution in [3.05, 3.63) is 17.1 Å². The zero-order valence-corrected chi connectivity index (χ0v) is 14.1. The van der Waals surface area contributed by atoms with Gasteiger partial charge in [-0.1, -0.05) is 36.4 Å². The number of halogens is 1. The van der Waals surface area contributed by atoms with Gasteiger partial charge in [0.15, 0.2) is 0 Å². The van der Waals surface area contributed by atoms with Crippen LogP contribution in [0.4, 0.5) is 0 Å². The Kier molecular flexibility index (Phi) is 3.95. The Labute approximate surface area is 123 Å². The molecule has 1 heterocycles. The fourth-order valence-electron chi connectivity index (χ4n) is 2.77. The molecule has 0 aliphatic heterocycles. The summed E-state index contributed by atoms with van der Waals surface area (Å²) >= 11 is 2.32. The average molecular weight is 362 g/mol. The van der Waals surface area contributed by atoms with Crippen LogP contribution in [0.3, 0.4) is 0 Å². The molecular weight excluding hydrogens is 339 g/mol. The molecule has 1 aliphatic carbocycles. The standard InChI is InChI=1S/C14H23IN2O/c1-9(2)17-11-7-6-8-14(4,5)12(11)18-13(17)16-10(3)15/h9-10H,6-8H2,1-5H3. The van der Waals surface area contributed by atoms with E-state index in [4.69, 9.17) is 4.42 Å². The first-order valence-electron chi connectivity index (χ1n) is 6.75. The van der Waals surface area contributed by atoms with E-state index in [9.17, 15) is 0 Å². The van der Waals surface area contributed by atoms with Gasteiger partial charge in [0.2, 0.25) is 0 Å². The predicted molar refractivity (Wildman–Crippen MR) is 82.1 cm³/mol. The highest BCUT2D eigenvalue weighted by Gasteiger charge is 2.34. The highest BCUT2D eigenvalue weighted by molar-refractivity contribution is 14.1. The lowest BCUT2D eigenvalue weighted by Crippen LogP contribution is -2.25. The third-order valence-electron chi connectivity index (χ3n) is 3.59. The van der Waals surface area contributed by atoms with Gasteiger partial charge >= 0.3 is 0 Å². The first kappa shape index (κ1) is 14.2. The van der Waals surface area contributed by atoms with Crippen LogP contribution in [0.15, 0.2) is 9.41 Å². The van der Waals surface area contributed by atoms with Gasteiger partial charge in [-0.3, -0.25) is 4.57 Å². The summed E-state index contributed by atoms with van der Waals surface area (Å²) in [5.41, 5.74) is 2.30. The lowest BCUT2D eigenvalue weighted by atomic mass is 9.79. The monoisotopic (exact) mass is 362 g/mol. The van der Waals surface area contributed by atoms with Crippen molar-refractivity contribution in [2.45, 2.75) is 69.4 Å². The summed E-state index contributed by atoms with van der Waals surface area (Å²) < 4.78 is 8.64. The number of alkyl halides is 1. The molecule has 3 nitrogen and oxygen atoms in total. The van der Waals surface area contributed by atoms with Crippen molar-refractivity contribution in [1.29, 1.82) is 0 Å². The second-order valence-electron chi connectivity index (χ2n) is 6.06. The van der Waals surface area contributed by atoms with Gasteiger partial charge in [0.1, 0.15) is 9.81 Å². The molecule has 1 atom stereocenters. The minimum atomic E-state index is 0.145. The Balaban J connectivity index is 2.67. The van der Waals surface area contributed by atoms with Gasteiger partial charge in [0, 0.05) is 11.5 Å². The minimum Gasteiger partial charge on any atom is -0.428 e. The Bertz CT molecular complexity index is 494. The van der Waals surface area contributed by atoms with E-state index in [-0.39, 0.29) is 9.46 Å². The van der Waals surface area contributed by atoms with Crippen molar-refractivity contribution >= 4 is 22.6 Å². The molecule has 0 saturated heterocycles. The van der Waals surface area contributed by atoms with Crippen molar-refractivity contribution < 1.29 is 4.42 Å². The largest absolute Gasteiger partial charge is 0.428 e. The number of oxazole rings is 1. The summed E-state index contributed by atoms with van der Waals surface area (Å²) in [4.78, 5) is 4.63. The normalized spacial score (nSPS) is 21.2. The first-order chi connectivity index (χ1) is 8.33. The van der Waals surface area contributed by atoms with E-state index in [1.54, 1.807) is 0 Å².